The molecule has 2 aromatic rings. The van der Waals surface area contributed by atoms with E-state index in [1.54, 1.807) is 24.3 Å². The molecule has 1 amide bonds. The molecule has 2 N–H and O–H groups in total. The molecule has 1 heterocycles. The predicted octanol–water partition coefficient (Wildman–Crippen LogP) is 3.81. The molecule has 0 aliphatic carbocycles. The van der Waals surface area contributed by atoms with Crippen LogP contribution in [0.4, 0.5) is 0 Å². The number of carbonyl (C=O) groups is 2. The van der Waals surface area contributed by atoms with Gasteiger partial charge in [0.15, 0.2) is 0 Å². The summed E-state index contributed by atoms with van der Waals surface area (Å²) in [6.45, 7) is 9.04. The maximum Gasteiger partial charge on any atom is 0.295 e. The smallest absolute Gasteiger partial charge is 0.295 e. The standard InChI is InChI=1S/C27H33NO6/c1-5-34-21-12-8-19(9-13-21)24(30)22-23(18-6-10-20(11-7-18)27(2,3)4)28(26(32)25(22)31)14-16-33-17-15-29/h6-13,23,29-30H,5,14-17H2,1-4H3/t23-/m0/s1. The summed E-state index contributed by atoms with van der Waals surface area (Å²) >= 11 is 0. The van der Waals surface area contributed by atoms with E-state index in [1.807, 2.05) is 31.2 Å². The van der Waals surface area contributed by atoms with Crippen LogP contribution < -0.4 is 4.74 Å². The molecule has 2 aromatic carbocycles. The van der Waals surface area contributed by atoms with Crippen molar-refractivity contribution in [1.82, 2.24) is 4.90 Å². The van der Waals surface area contributed by atoms with E-state index in [2.05, 4.69) is 20.8 Å². The summed E-state index contributed by atoms with van der Waals surface area (Å²) in [5.41, 5.74) is 2.25. The maximum atomic E-state index is 13.1. The first-order valence-corrected chi connectivity index (χ1v) is 11.5. The maximum absolute atomic E-state index is 13.1. The molecule has 182 valence electrons. The van der Waals surface area contributed by atoms with E-state index in [0.29, 0.717) is 17.9 Å². The highest BCUT2D eigenvalue weighted by Crippen LogP contribution is 2.40. The van der Waals surface area contributed by atoms with Gasteiger partial charge in [0.25, 0.3) is 11.7 Å². The van der Waals surface area contributed by atoms with Crippen molar-refractivity contribution in [3.8, 4) is 5.75 Å². The Morgan fingerprint density at radius 3 is 2.21 bits per heavy atom. The van der Waals surface area contributed by atoms with E-state index < -0.39 is 17.7 Å². The van der Waals surface area contributed by atoms with Gasteiger partial charge < -0.3 is 24.6 Å². The summed E-state index contributed by atoms with van der Waals surface area (Å²) in [4.78, 5) is 27.5. The van der Waals surface area contributed by atoms with E-state index in [-0.39, 0.29) is 43.1 Å². The van der Waals surface area contributed by atoms with Crippen molar-refractivity contribution in [2.75, 3.05) is 33.0 Å². The second-order valence-electron chi connectivity index (χ2n) is 9.16. The fourth-order valence-electron chi connectivity index (χ4n) is 3.98. The Balaban J connectivity index is 2.05. The number of ketones is 1. The number of benzene rings is 2. The van der Waals surface area contributed by atoms with Gasteiger partial charge in [0.2, 0.25) is 0 Å². The highest BCUT2D eigenvalue weighted by molar-refractivity contribution is 6.46. The van der Waals surface area contributed by atoms with Gasteiger partial charge in [-0.3, -0.25) is 9.59 Å². The second-order valence-corrected chi connectivity index (χ2v) is 9.16. The molecular weight excluding hydrogens is 434 g/mol. The van der Waals surface area contributed by atoms with E-state index in [9.17, 15) is 14.7 Å². The fourth-order valence-corrected chi connectivity index (χ4v) is 3.98. The van der Waals surface area contributed by atoms with Crippen LogP contribution in [0.25, 0.3) is 5.76 Å². The number of hydrogen-bond donors (Lipinski definition) is 2. The third-order valence-electron chi connectivity index (χ3n) is 5.78. The summed E-state index contributed by atoms with van der Waals surface area (Å²) in [6, 6.07) is 13.8. The first-order chi connectivity index (χ1) is 16.2. The lowest BCUT2D eigenvalue weighted by Crippen LogP contribution is -2.33. The topological polar surface area (TPSA) is 96.3 Å². The summed E-state index contributed by atoms with van der Waals surface area (Å²) in [6.07, 6.45) is 0. The Bertz CT molecular complexity index is 1030. The molecule has 7 heteroatoms. The Morgan fingerprint density at radius 2 is 1.65 bits per heavy atom. The van der Waals surface area contributed by atoms with Crippen LogP contribution >= 0.6 is 0 Å². The van der Waals surface area contributed by atoms with Crippen LogP contribution in [0.3, 0.4) is 0 Å². The van der Waals surface area contributed by atoms with Gasteiger partial charge in [-0.2, -0.15) is 0 Å². The molecule has 0 radical (unpaired) electrons. The van der Waals surface area contributed by atoms with Gasteiger partial charge in [-0.1, -0.05) is 45.0 Å². The van der Waals surface area contributed by atoms with Gasteiger partial charge in [0.1, 0.15) is 11.5 Å². The van der Waals surface area contributed by atoms with Crippen LogP contribution in [0.2, 0.25) is 0 Å². The number of aliphatic hydroxyl groups excluding tert-OH is 2. The van der Waals surface area contributed by atoms with E-state index in [4.69, 9.17) is 14.6 Å². The molecule has 1 atom stereocenters. The fraction of sp³-hybridized carbons (Fsp3) is 0.407. The Labute approximate surface area is 200 Å². The lowest BCUT2D eigenvalue weighted by molar-refractivity contribution is -0.140. The molecule has 0 unspecified atom stereocenters. The van der Waals surface area contributed by atoms with Crippen molar-refractivity contribution in [3.05, 3.63) is 70.8 Å². The quantitative estimate of drug-likeness (QED) is 0.252. The molecule has 3 rings (SSSR count). The first kappa shape index (κ1) is 25.5. The van der Waals surface area contributed by atoms with Crippen molar-refractivity contribution < 1.29 is 29.3 Å². The first-order valence-electron chi connectivity index (χ1n) is 11.5. The van der Waals surface area contributed by atoms with Gasteiger partial charge in [0, 0.05) is 12.1 Å². The van der Waals surface area contributed by atoms with Gasteiger partial charge in [0.05, 0.1) is 38.0 Å². The zero-order valence-electron chi connectivity index (χ0n) is 20.2. The van der Waals surface area contributed by atoms with E-state index >= 15 is 0 Å². The number of rotatable bonds is 9. The average Bonchev–Trinajstić information content (AvgIpc) is 3.06. The molecule has 1 saturated heterocycles. The van der Waals surface area contributed by atoms with Crippen molar-refractivity contribution in [1.29, 1.82) is 0 Å². The minimum atomic E-state index is -0.752. The van der Waals surface area contributed by atoms with Crippen molar-refractivity contribution in [3.63, 3.8) is 0 Å². The van der Waals surface area contributed by atoms with Crippen molar-refractivity contribution in [2.24, 2.45) is 0 Å². The molecule has 0 aromatic heterocycles. The highest BCUT2D eigenvalue weighted by Gasteiger charge is 2.45. The monoisotopic (exact) mass is 467 g/mol. The van der Waals surface area contributed by atoms with Crippen LogP contribution in [-0.2, 0) is 19.7 Å². The van der Waals surface area contributed by atoms with E-state index in [1.165, 1.54) is 4.90 Å². The number of likely N-dealkylation sites (tertiary alicyclic amines) is 1. The number of ether oxygens (including phenoxy) is 2. The molecule has 0 saturated carbocycles. The Hall–Kier alpha value is -3.16. The molecule has 1 aliphatic rings. The molecule has 0 bridgehead atoms. The van der Waals surface area contributed by atoms with Gasteiger partial charge in [-0.25, -0.2) is 0 Å². The minimum absolute atomic E-state index is 0.0415. The number of hydrogen-bond acceptors (Lipinski definition) is 6. The number of Topliss-reactive ketones (excluding diaryl/α,β-unsaturated/α-hetero) is 1. The third kappa shape index (κ3) is 5.48. The lowest BCUT2D eigenvalue weighted by Gasteiger charge is -2.26. The molecule has 1 fully saturated rings. The van der Waals surface area contributed by atoms with Crippen molar-refractivity contribution in [2.45, 2.75) is 39.2 Å². The summed E-state index contributed by atoms with van der Waals surface area (Å²) in [7, 11) is 0. The molecular formula is C27H33NO6. The summed E-state index contributed by atoms with van der Waals surface area (Å²) < 4.78 is 10.8. The molecule has 1 aliphatic heterocycles. The van der Waals surface area contributed by atoms with Crippen LogP contribution in [-0.4, -0.2) is 59.8 Å². The number of aliphatic hydroxyl groups is 2. The number of amides is 1. The van der Waals surface area contributed by atoms with Crippen LogP contribution in [0.15, 0.2) is 54.1 Å². The molecule has 0 spiro atoms. The zero-order chi connectivity index (χ0) is 24.9. The highest BCUT2D eigenvalue weighted by atomic mass is 16.5. The zero-order valence-corrected chi connectivity index (χ0v) is 20.2. The van der Waals surface area contributed by atoms with E-state index in [0.717, 1.165) is 11.1 Å². The minimum Gasteiger partial charge on any atom is -0.507 e. The van der Waals surface area contributed by atoms with Crippen LogP contribution in [0.1, 0.15) is 50.4 Å². The number of carbonyl (C=O) groups excluding carboxylic acids is 2. The summed E-state index contributed by atoms with van der Waals surface area (Å²) in [5.74, 6) is -1.01. The predicted molar refractivity (Wildman–Crippen MR) is 130 cm³/mol. The normalized spacial score (nSPS) is 17.9. The summed E-state index contributed by atoms with van der Waals surface area (Å²) in [5, 5.41) is 20.1. The largest absolute Gasteiger partial charge is 0.507 e. The van der Waals surface area contributed by atoms with Gasteiger partial charge in [-0.05, 0) is 47.7 Å². The third-order valence-corrected chi connectivity index (χ3v) is 5.78. The molecule has 7 nitrogen and oxygen atoms in total. The van der Waals surface area contributed by atoms with Crippen LogP contribution in [0, 0.1) is 0 Å². The Morgan fingerprint density at radius 1 is 1.00 bits per heavy atom. The van der Waals surface area contributed by atoms with Crippen LogP contribution in [0.5, 0.6) is 5.75 Å². The lowest BCUT2D eigenvalue weighted by atomic mass is 9.85. The second kappa shape index (κ2) is 10.8. The van der Waals surface area contributed by atoms with Gasteiger partial charge >= 0.3 is 0 Å². The van der Waals surface area contributed by atoms with Gasteiger partial charge in [-0.15, -0.1) is 0 Å². The number of nitrogens with zero attached hydrogens (tertiary/aromatic N) is 1. The average molecular weight is 468 g/mol. The molecule has 34 heavy (non-hydrogen) atoms. The Kier molecular flexibility index (Phi) is 8.12. The SMILES string of the molecule is CCOc1ccc(C(O)=C2C(=O)C(=O)N(CCOCCO)[C@H]2c2ccc(C(C)(C)C)cc2)cc1. The van der Waals surface area contributed by atoms with Crippen molar-refractivity contribution >= 4 is 17.4 Å².